The van der Waals surface area contributed by atoms with Crippen molar-refractivity contribution in [3.63, 3.8) is 0 Å². The summed E-state index contributed by atoms with van der Waals surface area (Å²) in [6.07, 6.45) is 2.58. The maximum atomic E-state index is 12.3. The molecule has 2 amide bonds. The van der Waals surface area contributed by atoms with Gasteiger partial charge in [-0.05, 0) is 28.2 Å². The van der Waals surface area contributed by atoms with Crippen molar-refractivity contribution in [1.82, 2.24) is 20.6 Å². The Bertz CT molecular complexity index is 1150. The smallest absolute Gasteiger partial charge is 0.407 e. The van der Waals surface area contributed by atoms with Gasteiger partial charge < -0.3 is 25.5 Å². The molecule has 0 fully saturated rings. The van der Waals surface area contributed by atoms with E-state index in [2.05, 4.69) is 44.9 Å². The van der Waals surface area contributed by atoms with Crippen LogP contribution in [-0.4, -0.2) is 52.2 Å². The second kappa shape index (κ2) is 10.9. The number of carbonyl (C=O) groups excluding carboxylic acids is 2. The van der Waals surface area contributed by atoms with Crippen molar-refractivity contribution >= 4 is 18.0 Å². The van der Waals surface area contributed by atoms with E-state index in [1.54, 1.807) is 6.92 Å². The van der Waals surface area contributed by atoms with Crippen molar-refractivity contribution in [3.8, 4) is 11.1 Å². The number of rotatable bonds is 10. The van der Waals surface area contributed by atoms with E-state index in [0.29, 0.717) is 5.69 Å². The topological polar surface area (TPSA) is 133 Å². The summed E-state index contributed by atoms with van der Waals surface area (Å²) in [5.41, 5.74) is 5.19. The predicted octanol–water partition coefficient (Wildman–Crippen LogP) is 3.09. The van der Waals surface area contributed by atoms with E-state index in [1.807, 2.05) is 24.3 Å². The molecule has 3 aromatic rings. The summed E-state index contributed by atoms with van der Waals surface area (Å²) >= 11 is 0. The molecular weight excluding hydrogens is 448 g/mol. The van der Waals surface area contributed by atoms with Gasteiger partial charge in [0.25, 0.3) is 0 Å². The number of carboxylic acids is 1. The molecule has 1 aromatic heterocycles. The summed E-state index contributed by atoms with van der Waals surface area (Å²) in [5.74, 6) is -1.77. The zero-order valence-corrected chi connectivity index (χ0v) is 19.4. The van der Waals surface area contributed by atoms with Gasteiger partial charge in [0.2, 0.25) is 5.91 Å². The summed E-state index contributed by atoms with van der Waals surface area (Å²) in [6.45, 7) is 2.24. The van der Waals surface area contributed by atoms with Crippen molar-refractivity contribution < 1.29 is 24.2 Å². The Morgan fingerprint density at radius 3 is 2.34 bits per heavy atom. The van der Waals surface area contributed by atoms with Crippen LogP contribution in [0.1, 0.15) is 36.1 Å². The monoisotopic (exact) mass is 476 g/mol. The molecule has 1 aliphatic carbocycles. The minimum atomic E-state index is -1.13. The highest BCUT2D eigenvalue weighted by Gasteiger charge is 2.29. The summed E-state index contributed by atoms with van der Waals surface area (Å²) < 4.78 is 5.51. The SMILES string of the molecule is CC(CNC(=O)OCC1c2ccccc2-c2ccccc21)CC(=O)NC(Cc1cnc[nH]1)C(=O)O. The summed E-state index contributed by atoms with van der Waals surface area (Å²) in [6, 6.07) is 15.2. The second-order valence-corrected chi connectivity index (χ2v) is 8.76. The van der Waals surface area contributed by atoms with Crippen molar-refractivity contribution in [2.24, 2.45) is 5.92 Å². The van der Waals surface area contributed by atoms with Crippen LogP contribution in [0.3, 0.4) is 0 Å². The Kier molecular flexibility index (Phi) is 7.45. The summed E-state index contributed by atoms with van der Waals surface area (Å²) in [4.78, 5) is 42.8. The second-order valence-electron chi connectivity index (χ2n) is 8.76. The number of alkyl carbamates (subject to hydrolysis) is 1. The number of imidazole rings is 1. The quantitative estimate of drug-likeness (QED) is 0.355. The van der Waals surface area contributed by atoms with Crippen LogP contribution in [0.4, 0.5) is 4.79 Å². The Hall–Kier alpha value is -4.14. The predicted molar refractivity (Wildman–Crippen MR) is 129 cm³/mol. The zero-order chi connectivity index (χ0) is 24.8. The molecule has 2 unspecified atom stereocenters. The number of H-pyrrole nitrogens is 1. The normalized spacial score (nSPS) is 13.9. The van der Waals surface area contributed by atoms with Gasteiger partial charge in [0.1, 0.15) is 12.6 Å². The van der Waals surface area contributed by atoms with Crippen LogP contribution in [0, 0.1) is 5.92 Å². The number of nitrogens with zero attached hydrogens (tertiary/aromatic N) is 1. The van der Waals surface area contributed by atoms with Gasteiger partial charge in [0.05, 0.1) is 6.33 Å². The number of carbonyl (C=O) groups is 3. The van der Waals surface area contributed by atoms with Crippen molar-refractivity contribution in [2.45, 2.75) is 31.7 Å². The minimum absolute atomic E-state index is 0.0285. The fourth-order valence-electron chi connectivity index (χ4n) is 4.37. The van der Waals surface area contributed by atoms with E-state index in [9.17, 15) is 19.5 Å². The van der Waals surface area contributed by atoms with Gasteiger partial charge in [-0.25, -0.2) is 14.6 Å². The molecule has 2 aromatic carbocycles. The number of carboxylic acid groups (broad SMARTS) is 1. The number of aromatic nitrogens is 2. The molecule has 182 valence electrons. The fourth-order valence-corrected chi connectivity index (χ4v) is 4.37. The lowest BCUT2D eigenvalue weighted by atomic mass is 9.98. The molecule has 1 heterocycles. The van der Waals surface area contributed by atoms with Gasteiger partial charge >= 0.3 is 12.1 Å². The Morgan fingerprint density at radius 2 is 1.74 bits per heavy atom. The van der Waals surface area contributed by atoms with E-state index >= 15 is 0 Å². The number of aliphatic carboxylic acids is 1. The highest BCUT2D eigenvalue weighted by molar-refractivity contribution is 5.84. The van der Waals surface area contributed by atoms with Crippen molar-refractivity contribution in [3.05, 3.63) is 77.9 Å². The molecule has 0 saturated carbocycles. The average Bonchev–Trinajstić information content (AvgIpc) is 3.47. The van der Waals surface area contributed by atoms with Gasteiger partial charge in [-0.3, -0.25) is 4.79 Å². The molecule has 0 aliphatic heterocycles. The summed E-state index contributed by atoms with van der Waals surface area (Å²) in [5, 5.41) is 14.6. The highest BCUT2D eigenvalue weighted by atomic mass is 16.5. The molecule has 0 saturated heterocycles. The maximum Gasteiger partial charge on any atom is 0.407 e. The first kappa shape index (κ1) is 24.0. The number of amides is 2. The van der Waals surface area contributed by atoms with Crippen LogP contribution in [0.25, 0.3) is 11.1 Å². The Labute approximate surface area is 202 Å². The standard InChI is InChI=1S/C26H28N4O5/c1-16(10-24(31)30-23(25(32)33)11-17-13-27-15-29-17)12-28-26(34)35-14-22-20-8-4-2-6-18(20)19-7-3-5-9-21(19)22/h2-9,13,15-16,22-23H,10-12,14H2,1H3,(H,27,29)(H,28,34)(H,30,31)(H,32,33). The van der Waals surface area contributed by atoms with Gasteiger partial charge in [0, 0.05) is 37.2 Å². The summed E-state index contributed by atoms with van der Waals surface area (Å²) in [7, 11) is 0. The van der Waals surface area contributed by atoms with Crippen LogP contribution in [0.15, 0.2) is 61.1 Å². The molecular formula is C26H28N4O5. The fraction of sp³-hybridized carbons (Fsp3) is 0.308. The minimum Gasteiger partial charge on any atom is -0.480 e. The van der Waals surface area contributed by atoms with Gasteiger partial charge in [-0.15, -0.1) is 0 Å². The first-order valence-electron chi connectivity index (χ1n) is 11.5. The molecule has 2 atom stereocenters. The molecule has 9 nitrogen and oxygen atoms in total. The van der Waals surface area contributed by atoms with E-state index in [-0.39, 0.29) is 37.8 Å². The van der Waals surface area contributed by atoms with Gasteiger partial charge in [0.15, 0.2) is 0 Å². The van der Waals surface area contributed by atoms with E-state index in [1.165, 1.54) is 12.5 Å². The number of ether oxygens (including phenoxy) is 1. The van der Waals surface area contributed by atoms with Gasteiger partial charge in [-0.1, -0.05) is 55.5 Å². The van der Waals surface area contributed by atoms with Crippen molar-refractivity contribution in [1.29, 1.82) is 0 Å². The van der Waals surface area contributed by atoms with Crippen molar-refractivity contribution in [2.75, 3.05) is 13.2 Å². The van der Waals surface area contributed by atoms with Crippen LogP contribution in [-0.2, 0) is 20.7 Å². The third-order valence-corrected chi connectivity index (χ3v) is 6.08. The average molecular weight is 477 g/mol. The molecule has 35 heavy (non-hydrogen) atoms. The Morgan fingerprint density at radius 1 is 1.09 bits per heavy atom. The van der Waals surface area contributed by atoms with Crippen LogP contribution >= 0.6 is 0 Å². The third-order valence-electron chi connectivity index (χ3n) is 6.08. The molecule has 4 N–H and O–H groups in total. The lowest BCUT2D eigenvalue weighted by molar-refractivity contribution is -0.141. The number of hydrogen-bond acceptors (Lipinski definition) is 5. The van der Waals surface area contributed by atoms with Crippen LogP contribution in [0.2, 0.25) is 0 Å². The first-order chi connectivity index (χ1) is 16.9. The number of nitrogens with one attached hydrogen (secondary N) is 3. The molecule has 0 spiro atoms. The molecule has 4 rings (SSSR count). The first-order valence-corrected chi connectivity index (χ1v) is 11.5. The van der Waals surface area contributed by atoms with Gasteiger partial charge in [-0.2, -0.15) is 0 Å². The number of hydrogen-bond donors (Lipinski definition) is 4. The zero-order valence-electron chi connectivity index (χ0n) is 19.4. The number of aromatic amines is 1. The lowest BCUT2D eigenvalue weighted by Crippen LogP contribution is -2.43. The molecule has 0 bridgehead atoms. The maximum absolute atomic E-state index is 12.3. The highest BCUT2D eigenvalue weighted by Crippen LogP contribution is 2.44. The molecule has 9 heteroatoms. The number of benzene rings is 2. The number of fused-ring (bicyclic) bond motifs is 3. The third kappa shape index (κ3) is 5.87. The van der Waals surface area contributed by atoms with E-state index in [0.717, 1.165) is 22.3 Å². The van der Waals surface area contributed by atoms with E-state index < -0.39 is 24.0 Å². The van der Waals surface area contributed by atoms with Crippen LogP contribution < -0.4 is 10.6 Å². The lowest BCUT2D eigenvalue weighted by Gasteiger charge is -2.17. The molecule has 1 aliphatic rings. The van der Waals surface area contributed by atoms with Crippen LogP contribution in [0.5, 0.6) is 0 Å². The molecule has 0 radical (unpaired) electrons. The Balaban J connectivity index is 1.23. The van der Waals surface area contributed by atoms with E-state index in [4.69, 9.17) is 4.74 Å². The largest absolute Gasteiger partial charge is 0.480 e.